The standard InChI is InChI=1S/C34H44N2O4/c1-21-18-27(22-8-9-22)28(26-15-17-36(30(21)26)32(38)40-34(5,6)7)19-25-14-16-35-20-29(25)23-10-12-24(13-11-23)31(37)39-33(2,3)4/h10-13,15,17-18,22,25,29,35H,8-9,14,16,19-20H2,1-7H3/t25-,29-/m0/s1. The molecule has 2 heterocycles. The van der Waals surface area contributed by atoms with Gasteiger partial charge in [-0.1, -0.05) is 18.2 Å². The maximum Gasteiger partial charge on any atom is 0.418 e. The fraction of sp³-hybridized carbons (Fsp3) is 0.529. The smallest absolute Gasteiger partial charge is 0.418 e. The first kappa shape index (κ1) is 28.4. The molecule has 6 nitrogen and oxygen atoms in total. The molecule has 2 aromatic carbocycles. The minimum Gasteiger partial charge on any atom is -0.456 e. The molecule has 2 atom stereocenters. The van der Waals surface area contributed by atoms with E-state index in [9.17, 15) is 9.59 Å². The number of ether oxygens (including phenoxy) is 2. The van der Waals surface area contributed by atoms with Crippen LogP contribution < -0.4 is 5.32 Å². The van der Waals surface area contributed by atoms with Crippen molar-refractivity contribution in [2.45, 2.75) is 97.2 Å². The lowest BCUT2D eigenvalue weighted by atomic mass is 9.76. The molecule has 1 saturated heterocycles. The van der Waals surface area contributed by atoms with Gasteiger partial charge < -0.3 is 14.8 Å². The summed E-state index contributed by atoms with van der Waals surface area (Å²) >= 11 is 0. The van der Waals surface area contributed by atoms with Crippen LogP contribution in [-0.4, -0.2) is 40.9 Å². The number of benzene rings is 2. The zero-order chi connectivity index (χ0) is 28.8. The van der Waals surface area contributed by atoms with Gasteiger partial charge in [0.2, 0.25) is 0 Å². The molecule has 0 amide bonds. The molecule has 1 aliphatic carbocycles. The van der Waals surface area contributed by atoms with Crippen LogP contribution in [0.1, 0.15) is 105 Å². The molecule has 2 fully saturated rings. The van der Waals surface area contributed by atoms with Crippen LogP contribution >= 0.6 is 0 Å². The number of hydrogen-bond donors (Lipinski definition) is 1. The number of carbonyl (C=O) groups excluding carboxylic acids is 2. The first-order valence-electron chi connectivity index (χ1n) is 14.7. The summed E-state index contributed by atoms with van der Waals surface area (Å²) in [6.45, 7) is 15.4. The lowest BCUT2D eigenvalue weighted by Gasteiger charge is -2.33. The van der Waals surface area contributed by atoms with E-state index >= 15 is 0 Å². The number of esters is 1. The molecular formula is C34H44N2O4. The van der Waals surface area contributed by atoms with Gasteiger partial charge >= 0.3 is 12.1 Å². The van der Waals surface area contributed by atoms with E-state index in [1.54, 1.807) is 4.57 Å². The van der Waals surface area contributed by atoms with Crippen LogP contribution in [0.5, 0.6) is 0 Å². The molecule has 1 aliphatic heterocycles. The van der Waals surface area contributed by atoms with Crippen molar-refractivity contribution in [3.8, 4) is 0 Å². The highest BCUT2D eigenvalue weighted by molar-refractivity contribution is 5.94. The van der Waals surface area contributed by atoms with Crippen LogP contribution in [0.3, 0.4) is 0 Å². The minimum atomic E-state index is -0.556. The van der Waals surface area contributed by atoms with Gasteiger partial charge in [-0.05, 0) is 139 Å². The van der Waals surface area contributed by atoms with Gasteiger partial charge in [0.25, 0.3) is 0 Å². The lowest BCUT2D eigenvalue weighted by molar-refractivity contribution is 0.00692. The maximum atomic E-state index is 13.1. The summed E-state index contributed by atoms with van der Waals surface area (Å²) < 4.78 is 13.0. The molecule has 2 aliphatic rings. The molecule has 0 bridgehead atoms. The molecule has 214 valence electrons. The van der Waals surface area contributed by atoms with Crippen molar-refractivity contribution in [1.82, 2.24) is 9.88 Å². The normalized spacial score (nSPS) is 20.0. The van der Waals surface area contributed by atoms with E-state index in [-0.39, 0.29) is 12.1 Å². The highest BCUT2D eigenvalue weighted by Crippen LogP contribution is 2.46. The molecule has 6 heteroatoms. The maximum absolute atomic E-state index is 13.1. The van der Waals surface area contributed by atoms with Crippen molar-refractivity contribution < 1.29 is 19.1 Å². The van der Waals surface area contributed by atoms with E-state index in [0.29, 0.717) is 23.3 Å². The molecule has 5 rings (SSSR count). The second-order valence-electron chi connectivity index (χ2n) is 13.7. The molecule has 40 heavy (non-hydrogen) atoms. The Balaban J connectivity index is 1.46. The van der Waals surface area contributed by atoms with Gasteiger partial charge in [-0.25, -0.2) is 9.59 Å². The monoisotopic (exact) mass is 544 g/mol. The van der Waals surface area contributed by atoms with E-state index in [4.69, 9.17) is 9.47 Å². The summed E-state index contributed by atoms with van der Waals surface area (Å²) in [5, 5.41) is 4.77. The van der Waals surface area contributed by atoms with Gasteiger partial charge in [0, 0.05) is 18.1 Å². The van der Waals surface area contributed by atoms with Crippen molar-refractivity contribution in [3.63, 3.8) is 0 Å². The summed E-state index contributed by atoms with van der Waals surface area (Å²) in [6, 6.07) is 12.4. The number of piperidine rings is 1. The fourth-order valence-corrected chi connectivity index (χ4v) is 6.08. The molecule has 1 N–H and O–H groups in total. The summed E-state index contributed by atoms with van der Waals surface area (Å²) in [6.07, 6.45) is 6.03. The van der Waals surface area contributed by atoms with Crippen LogP contribution in [-0.2, 0) is 15.9 Å². The van der Waals surface area contributed by atoms with Gasteiger partial charge in [0.1, 0.15) is 11.2 Å². The summed E-state index contributed by atoms with van der Waals surface area (Å²) in [7, 11) is 0. The molecular weight excluding hydrogens is 500 g/mol. The van der Waals surface area contributed by atoms with Gasteiger partial charge in [0.15, 0.2) is 0 Å². The third-order valence-corrected chi connectivity index (χ3v) is 7.98. The largest absolute Gasteiger partial charge is 0.456 e. The Kier molecular flexibility index (Phi) is 7.60. The Morgan fingerprint density at radius 1 is 0.950 bits per heavy atom. The van der Waals surface area contributed by atoms with Crippen LogP contribution in [0, 0.1) is 12.8 Å². The Morgan fingerprint density at radius 3 is 2.25 bits per heavy atom. The van der Waals surface area contributed by atoms with Crippen LogP contribution in [0.4, 0.5) is 4.79 Å². The predicted molar refractivity (Wildman–Crippen MR) is 159 cm³/mol. The second kappa shape index (κ2) is 10.7. The number of rotatable bonds is 5. The zero-order valence-corrected chi connectivity index (χ0v) is 25.1. The fourth-order valence-electron chi connectivity index (χ4n) is 6.08. The van der Waals surface area contributed by atoms with Crippen molar-refractivity contribution in [3.05, 3.63) is 70.4 Å². The first-order valence-corrected chi connectivity index (χ1v) is 14.7. The highest BCUT2D eigenvalue weighted by Gasteiger charge is 2.33. The Hall–Kier alpha value is -3.12. The van der Waals surface area contributed by atoms with Crippen LogP contribution in [0.25, 0.3) is 10.9 Å². The number of nitrogens with zero attached hydrogens (tertiary/aromatic N) is 1. The molecule has 1 saturated carbocycles. The minimum absolute atomic E-state index is 0.289. The van der Waals surface area contributed by atoms with Gasteiger partial charge in [-0.3, -0.25) is 4.57 Å². The number of aryl methyl sites for hydroxylation is 1. The third-order valence-electron chi connectivity index (χ3n) is 7.98. The summed E-state index contributed by atoms with van der Waals surface area (Å²) in [4.78, 5) is 25.7. The van der Waals surface area contributed by atoms with Crippen molar-refractivity contribution >= 4 is 23.0 Å². The summed E-state index contributed by atoms with van der Waals surface area (Å²) in [5.41, 5.74) is 5.66. The first-order chi connectivity index (χ1) is 18.8. The number of hydrogen-bond acceptors (Lipinski definition) is 5. The van der Waals surface area contributed by atoms with Crippen molar-refractivity contribution in [2.24, 2.45) is 5.92 Å². The van der Waals surface area contributed by atoms with Crippen molar-refractivity contribution in [1.29, 1.82) is 0 Å². The van der Waals surface area contributed by atoms with E-state index in [1.807, 2.05) is 59.9 Å². The Bertz CT molecular complexity index is 1400. The Labute approximate surface area is 238 Å². The van der Waals surface area contributed by atoms with Crippen LogP contribution in [0.15, 0.2) is 42.6 Å². The quantitative estimate of drug-likeness (QED) is 0.337. The third kappa shape index (κ3) is 6.27. The number of fused-ring (bicyclic) bond motifs is 1. The van der Waals surface area contributed by atoms with Crippen molar-refractivity contribution in [2.75, 3.05) is 13.1 Å². The highest BCUT2D eigenvalue weighted by atomic mass is 16.6. The van der Waals surface area contributed by atoms with E-state index in [1.165, 1.54) is 34.9 Å². The van der Waals surface area contributed by atoms with E-state index < -0.39 is 11.2 Å². The average molecular weight is 545 g/mol. The molecule has 0 radical (unpaired) electrons. The summed E-state index contributed by atoms with van der Waals surface area (Å²) in [5.74, 6) is 1.10. The van der Waals surface area contributed by atoms with E-state index in [2.05, 4.69) is 36.5 Å². The molecule has 0 unspecified atom stereocenters. The average Bonchev–Trinajstić information content (AvgIpc) is 3.61. The number of carbonyl (C=O) groups is 2. The SMILES string of the molecule is Cc1cc(C2CC2)c(C[C@@H]2CCNC[C@H]2c2ccc(C(=O)OC(C)(C)C)cc2)c2ccn(C(=O)OC(C)(C)C)c12. The molecule has 0 spiro atoms. The topological polar surface area (TPSA) is 69.6 Å². The second-order valence-corrected chi connectivity index (χ2v) is 13.7. The number of nitrogens with one attached hydrogen (secondary N) is 1. The lowest BCUT2D eigenvalue weighted by Crippen LogP contribution is -2.36. The van der Waals surface area contributed by atoms with Gasteiger partial charge in [-0.2, -0.15) is 0 Å². The Morgan fingerprint density at radius 2 is 1.62 bits per heavy atom. The zero-order valence-electron chi connectivity index (χ0n) is 25.1. The number of aromatic nitrogens is 1. The van der Waals surface area contributed by atoms with Gasteiger partial charge in [-0.15, -0.1) is 0 Å². The predicted octanol–water partition coefficient (Wildman–Crippen LogP) is 7.50. The molecule has 3 aromatic rings. The molecule has 1 aromatic heterocycles. The van der Waals surface area contributed by atoms with Crippen LogP contribution in [0.2, 0.25) is 0 Å². The van der Waals surface area contributed by atoms with Gasteiger partial charge in [0.05, 0.1) is 11.1 Å². The van der Waals surface area contributed by atoms with E-state index in [0.717, 1.165) is 37.0 Å².